The number of urea groups is 1. The molecule has 0 aromatic rings. The minimum absolute atomic E-state index is 0.118. The molecule has 0 spiro atoms. The Kier molecular flexibility index (Phi) is 6.99. The van der Waals surface area contributed by atoms with E-state index in [2.05, 4.69) is 16.7 Å². The van der Waals surface area contributed by atoms with Crippen molar-refractivity contribution in [3.05, 3.63) is 0 Å². The minimum atomic E-state index is 0.118. The molecule has 4 fully saturated rings. The van der Waals surface area contributed by atoms with E-state index in [1.165, 1.54) is 38.9 Å². The van der Waals surface area contributed by atoms with E-state index >= 15 is 0 Å². The lowest BCUT2D eigenvalue weighted by atomic mass is 9.91. The fraction of sp³-hybridized carbons (Fsp3) is 0.913. The molecule has 4 aliphatic rings. The van der Waals surface area contributed by atoms with Crippen LogP contribution >= 0.6 is 0 Å². The molecule has 29 heavy (non-hydrogen) atoms. The minimum Gasteiger partial charge on any atom is -0.342 e. The third-order valence-electron chi connectivity index (χ3n) is 7.71. The van der Waals surface area contributed by atoms with Crippen LogP contribution in [0.3, 0.4) is 0 Å². The van der Waals surface area contributed by atoms with E-state index in [1.807, 2.05) is 9.80 Å². The molecule has 0 radical (unpaired) electrons. The molecule has 1 unspecified atom stereocenters. The summed E-state index contributed by atoms with van der Waals surface area (Å²) in [6.45, 7) is 11.2. The van der Waals surface area contributed by atoms with Crippen LogP contribution in [-0.4, -0.2) is 90.4 Å². The largest absolute Gasteiger partial charge is 0.342 e. The summed E-state index contributed by atoms with van der Waals surface area (Å²) in [7, 11) is 0. The second kappa shape index (κ2) is 9.67. The number of carbonyl (C=O) groups is 2. The lowest BCUT2D eigenvalue weighted by Gasteiger charge is -2.40. The number of nitrogens with zero attached hydrogens (tertiary/aromatic N) is 4. The van der Waals surface area contributed by atoms with Crippen molar-refractivity contribution in [2.75, 3.05) is 58.9 Å². The van der Waals surface area contributed by atoms with Gasteiger partial charge < -0.3 is 19.6 Å². The summed E-state index contributed by atoms with van der Waals surface area (Å²) in [6, 6.07) is 0.197. The smallest absolute Gasteiger partial charge is 0.319 e. The van der Waals surface area contributed by atoms with Gasteiger partial charge in [-0.2, -0.15) is 0 Å². The van der Waals surface area contributed by atoms with Gasteiger partial charge in [-0.05, 0) is 76.3 Å². The van der Waals surface area contributed by atoms with Gasteiger partial charge in [0.15, 0.2) is 0 Å². The zero-order valence-electron chi connectivity index (χ0n) is 18.4. The Labute approximate surface area is 176 Å². The summed E-state index contributed by atoms with van der Waals surface area (Å²) in [6.07, 6.45) is 8.99. The zero-order valence-corrected chi connectivity index (χ0v) is 18.4. The van der Waals surface area contributed by atoms with Crippen molar-refractivity contribution in [1.82, 2.24) is 19.6 Å². The summed E-state index contributed by atoms with van der Waals surface area (Å²) in [4.78, 5) is 34.5. The molecule has 4 rings (SSSR count). The first kappa shape index (κ1) is 21.0. The van der Waals surface area contributed by atoms with Crippen LogP contribution in [-0.2, 0) is 4.79 Å². The van der Waals surface area contributed by atoms with Gasteiger partial charge in [-0.25, -0.2) is 4.79 Å². The highest BCUT2D eigenvalue weighted by molar-refractivity contribution is 5.80. The number of piperidine rings is 3. The Morgan fingerprint density at radius 1 is 0.724 bits per heavy atom. The van der Waals surface area contributed by atoms with Crippen molar-refractivity contribution < 1.29 is 9.59 Å². The molecule has 4 saturated heterocycles. The highest BCUT2D eigenvalue weighted by Crippen LogP contribution is 2.26. The summed E-state index contributed by atoms with van der Waals surface area (Å²) in [5, 5.41) is 0. The van der Waals surface area contributed by atoms with E-state index in [0.717, 1.165) is 77.3 Å². The van der Waals surface area contributed by atoms with Crippen molar-refractivity contribution >= 4 is 11.9 Å². The highest BCUT2D eigenvalue weighted by Gasteiger charge is 2.34. The molecule has 1 atom stereocenters. The molecular weight excluding hydrogens is 364 g/mol. The number of hydrogen-bond donors (Lipinski definition) is 0. The quantitative estimate of drug-likeness (QED) is 0.727. The van der Waals surface area contributed by atoms with Crippen molar-refractivity contribution in [2.24, 2.45) is 17.8 Å². The maximum atomic E-state index is 13.2. The van der Waals surface area contributed by atoms with Crippen LogP contribution in [0.1, 0.15) is 58.3 Å². The topological polar surface area (TPSA) is 47.1 Å². The Morgan fingerprint density at radius 3 is 2.03 bits per heavy atom. The Morgan fingerprint density at radius 2 is 1.34 bits per heavy atom. The van der Waals surface area contributed by atoms with Crippen molar-refractivity contribution in [1.29, 1.82) is 0 Å². The number of likely N-dealkylation sites (tertiary alicyclic amines) is 4. The molecule has 0 N–H and O–H groups in total. The molecule has 4 aliphatic heterocycles. The third kappa shape index (κ3) is 5.25. The van der Waals surface area contributed by atoms with Crippen molar-refractivity contribution in [3.8, 4) is 0 Å². The number of amides is 3. The lowest BCUT2D eigenvalue weighted by Crippen LogP contribution is -2.50. The first-order chi connectivity index (χ1) is 14.1. The molecule has 164 valence electrons. The van der Waals surface area contributed by atoms with Crippen LogP contribution in [0.15, 0.2) is 0 Å². The van der Waals surface area contributed by atoms with Crippen LogP contribution in [0.5, 0.6) is 0 Å². The average molecular weight is 405 g/mol. The molecule has 0 aromatic carbocycles. The van der Waals surface area contributed by atoms with E-state index in [-0.39, 0.29) is 11.9 Å². The second-order valence-corrected chi connectivity index (χ2v) is 10.0. The number of carbonyl (C=O) groups excluding carboxylic acids is 2. The number of hydrogen-bond acceptors (Lipinski definition) is 3. The predicted octanol–water partition coefficient (Wildman–Crippen LogP) is 2.88. The van der Waals surface area contributed by atoms with E-state index < -0.39 is 0 Å². The van der Waals surface area contributed by atoms with Crippen LogP contribution in [0.25, 0.3) is 0 Å². The van der Waals surface area contributed by atoms with Crippen molar-refractivity contribution in [2.45, 2.75) is 58.3 Å². The SMILES string of the molecule is CC1CCN(CC2CCCN(C(=O)C3CCN(C(=O)N4CCCC4)CC3)C2)CC1. The van der Waals surface area contributed by atoms with Gasteiger partial charge in [0.2, 0.25) is 5.91 Å². The molecule has 6 nitrogen and oxygen atoms in total. The standard InChI is InChI=1S/C23H40N4O2/c1-19-6-13-24(14-7-19)17-20-5-4-12-27(18-20)22(28)21-8-15-26(16-9-21)23(29)25-10-2-3-11-25/h19-21H,2-18H2,1H3. The van der Waals surface area contributed by atoms with E-state index in [9.17, 15) is 9.59 Å². The van der Waals surface area contributed by atoms with Gasteiger partial charge in [0, 0.05) is 51.7 Å². The summed E-state index contributed by atoms with van der Waals surface area (Å²) in [5.41, 5.74) is 0. The Bertz CT molecular complexity index is 561. The maximum absolute atomic E-state index is 13.2. The molecule has 0 saturated carbocycles. The zero-order chi connectivity index (χ0) is 20.2. The van der Waals surface area contributed by atoms with Gasteiger partial charge in [-0.15, -0.1) is 0 Å². The fourth-order valence-corrected chi connectivity index (χ4v) is 5.71. The molecule has 0 bridgehead atoms. The van der Waals surface area contributed by atoms with Gasteiger partial charge >= 0.3 is 6.03 Å². The van der Waals surface area contributed by atoms with Crippen LogP contribution in [0.4, 0.5) is 4.79 Å². The van der Waals surface area contributed by atoms with E-state index in [0.29, 0.717) is 11.8 Å². The van der Waals surface area contributed by atoms with Crippen LogP contribution in [0, 0.1) is 17.8 Å². The molecule has 0 aromatic heterocycles. The molecule has 4 heterocycles. The maximum Gasteiger partial charge on any atom is 0.319 e. The summed E-state index contributed by atoms with van der Waals surface area (Å²) >= 11 is 0. The molecule has 3 amide bonds. The monoisotopic (exact) mass is 404 g/mol. The highest BCUT2D eigenvalue weighted by atomic mass is 16.2. The third-order valence-corrected chi connectivity index (χ3v) is 7.71. The van der Waals surface area contributed by atoms with Gasteiger partial charge in [0.05, 0.1) is 0 Å². The molecule has 6 heteroatoms. The van der Waals surface area contributed by atoms with E-state index in [1.54, 1.807) is 0 Å². The first-order valence-corrected chi connectivity index (χ1v) is 12.1. The second-order valence-electron chi connectivity index (χ2n) is 10.0. The molecule has 0 aliphatic carbocycles. The van der Waals surface area contributed by atoms with Crippen LogP contribution < -0.4 is 0 Å². The normalized spacial score (nSPS) is 28.2. The first-order valence-electron chi connectivity index (χ1n) is 12.1. The predicted molar refractivity (Wildman–Crippen MR) is 115 cm³/mol. The van der Waals surface area contributed by atoms with Crippen molar-refractivity contribution in [3.63, 3.8) is 0 Å². The van der Waals surface area contributed by atoms with Gasteiger partial charge in [-0.3, -0.25) is 4.79 Å². The van der Waals surface area contributed by atoms with Crippen LogP contribution in [0.2, 0.25) is 0 Å². The lowest BCUT2D eigenvalue weighted by molar-refractivity contribution is -0.139. The Hall–Kier alpha value is -1.30. The summed E-state index contributed by atoms with van der Waals surface area (Å²) in [5.74, 6) is 1.99. The summed E-state index contributed by atoms with van der Waals surface area (Å²) < 4.78 is 0. The average Bonchev–Trinajstić information content (AvgIpc) is 3.30. The van der Waals surface area contributed by atoms with Gasteiger partial charge in [0.1, 0.15) is 0 Å². The van der Waals surface area contributed by atoms with E-state index in [4.69, 9.17) is 0 Å². The molecular formula is C23H40N4O2. The van der Waals surface area contributed by atoms with Gasteiger partial charge in [-0.1, -0.05) is 6.92 Å². The number of rotatable bonds is 3. The van der Waals surface area contributed by atoms with Gasteiger partial charge in [0.25, 0.3) is 0 Å². The fourth-order valence-electron chi connectivity index (χ4n) is 5.71. The Balaban J connectivity index is 1.22.